The highest BCUT2D eigenvalue weighted by Gasteiger charge is 2.07. The molecule has 0 aliphatic carbocycles. The van der Waals surface area contributed by atoms with Crippen LogP contribution in [0.25, 0.3) is 0 Å². The van der Waals surface area contributed by atoms with Crippen molar-refractivity contribution in [1.82, 2.24) is 9.97 Å². The van der Waals surface area contributed by atoms with Gasteiger partial charge in [0.15, 0.2) is 0 Å². The largest absolute Gasteiger partial charge is 0.366 e. The second-order valence-corrected chi connectivity index (χ2v) is 4.11. The first-order chi connectivity index (χ1) is 6.77. The Balaban J connectivity index is 2.62. The van der Waals surface area contributed by atoms with Crippen molar-refractivity contribution < 1.29 is 0 Å². The van der Waals surface area contributed by atoms with E-state index in [1.807, 2.05) is 0 Å². The van der Waals surface area contributed by atoms with E-state index in [0.29, 0.717) is 6.04 Å². The molecule has 0 saturated carbocycles. The van der Waals surface area contributed by atoms with Crippen LogP contribution in [-0.2, 0) is 0 Å². The zero-order valence-electron chi connectivity index (χ0n) is 8.63. The molecule has 0 fully saturated rings. The van der Waals surface area contributed by atoms with Crippen LogP contribution in [0, 0.1) is 0 Å². The minimum atomic E-state index is 0.506. The van der Waals surface area contributed by atoms with E-state index in [2.05, 4.69) is 45.1 Å². The Bertz CT molecular complexity index is 278. The van der Waals surface area contributed by atoms with Crippen LogP contribution < -0.4 is 5.32 Å². The highest BCUT2D eigenvalue weighted by Crippen LogP contribution is 2.19. The van der Waals surface area contributed by atoms with E-state index in [9.17, 15) is 0 Å². The summed E-state index contributed by atoms with van der Waals surface area (Å²) < 4.78 is 0.926. The molecule has 0 aromatic carbocycles. The Morgan fingerprint density at radius 1 is 1.50 bits per heavy atom. The number of hydrogen-bond acceptors (Lipinski definition) is 3. The predicted octanol–water partition coefficient (Wildman–Crippen LogP) is 3.23. The number of aromatic nitrogens is 2. The van der Waals surface area contributed by atoms with Crippen molar-refractivity contribution in [3.05, 3.63) is 17.0 Å². The molecule has 0 aliphatic heterocycles. The molecule has 1 atom stereocenters. The number of nitrogens with one attached hydrogen (secondary N) is 1. The molecule has 1 aromatic heterocycles. The van der Waals surface area contributed by atoms with E-state index in [1.54, 1.807) is 12.5 Å². The molecule has 0 bridgehead atoms. The van der Waals surface area contributed by atoms with Crippen LogP contribution >= 0.6 is 15.9 Å². The first-order valence-corrected chi connectivity index (χ1v) is 5.79. The van der Waals surface area contributed by atoms with Crippen molar-refractivity contribution in [1.29, 1.82) is 0 Å². The number of nitrogens with zero attached hydrogens (tertiary/aromatic N) is 2. The quantitative estimate of drug-likeness (QED) is 0.881. The Morgan fingerprint density at radius 3 is 2.86 bits per heavy atom. The summed E-state index contributed by atoms with van der Waals surface area (Å²) in [6.45, 7) is 4.38. The Kier molecular flexibility index (Phi) is 4.87. The monoisotopic (exact) mass is 257 g/mol. The molecule has 1 N–H and O–H groups in total. The standard InChI is InChI=1S/C10H16BrN3/c1-3-5-8(4-2)14-10-9(11)6-12-7-13-10/h6-8H,3-5H2,1-2H3,(H,12,13,14). The maximum absolute atomic E-state index is 4.18. The van der Waals surface area contributed by atoms with Gasteiger partial charge in [0, 0.05) is 12.2 Å². The maximum Gasteiger partial charge on any atom is 0.143 e. The van der Waals surface area contributed by atoms with Gasteiger partial charge in [0.05, 0.1) is 4.47 Å². The van der Waals surface area contributed by atoms with Gasteiger partial charge in [-0.1, -0.05) is 20.3 Å². The summed E-state index contributed by atoms with van der Waals surface area (Å²) in [7, 11) is 0. The van der Waals surface area contributed by atoms with Gasteiger partial charge in [0.1, 0.15) is 12.1 Å². The van der Waals surface area contributed by atoms with Gasteiger partial charge in [-0.25, -0.2) is 9.97 Å². The third-order valence-electron chi connectivity index (χ3n) is 2.14. The van der Waals surface area contributed by atoms with E-state index in [4.69, 9.17) is 0 Å². The molecule has 1 unspecified atom stereocenters. The maximum atomic E-state index is 4.18. The van der Waals surface area contributed by atoms with Crippen LogP contribution in [0.5, 0.6) is 0 Å². The molecule has 0 radical (unpaired) electrons. The fourth-order valence-electron chi connectivity index (χ4n) is 1.34. The molecule has 1 aromatic rings. The average Bonchev–Trinajstić information content (AvgIpc) is 2.20. The Labute approximate surface area is 93.5 Å². The first kappa shape index (κ1) is 11.4. The van der Waals surface area contributed by atoms with Crippen molar-refractivity contribution in [3.8, 4) is 0 Å². The zero-order valence-corrected chi connectivity index (χ0v) is 10.2. The highest BCUT2D eigenvalue weighted by atomic mass is 79.9. The number of anilines is 1. The van der Waals surface area contributed by atoms with Crippen LogP contribution in [0.15, 0.2) is 17.0 Å². The number of halogens is 1. The van der Waals surface area contributed by atoms with Crippen molar-refractivity contribution >= 4 is 21.7 Å². The van der Waals surface area contributed by atoms with E-state index in [1.165, 1.54) is 12.8 Å². The average molecular weight is 258 g/mol. The Morgan fingerprint density at radius 2 is 2.29 bits per heavy atom. The van der Waals surface area contributed by atoms with Gasteiger partial charge in [-0.3, -0.25) is 0 Å². The van der Waals surface area contributed by atoms with Gasteiger partial charge < -0.3 is 5.32 Å². The van der Waals surface area contributed by atoms with Gasteiger partial charge in [-0.05, 0) is 28.8 Å². The molecule has 1 rings (SSSR count). The SMILES string of the molecule is CCCC(CC)Nc1ncncc1Br. The van der Waals surface area contributed by atoms with Gasteiger partial charge in [-0.2, -0.15) is 0 Å². The third-order valence-corrected chi connectivity index (χ3v) is 2.72. The fraction of sp³-hybridized carbons (Fsp3) is 0.600. The molecule has 1 heterocycles. The number of rotatable bonds is 5. The zero-order chi connectivity index (χ0) is 10.4. The van der Waals surface area contributed by atoms with Crippen molar-refractivity contribution in [3.63, 3.8) is 0 Å². The van der Waals surface area contributed by atoms with Crippen LogP contribution in [0.2, 0.25) is 0 Å². The minimum absolute atomic E-state index is 0.506. The minimum Gasteiger partial charge on any atom is -0.366 e. The van der Waals surface area contributed by atoms with E-state index < -0.39 is 0 Å². The fourth-order valence-corrected chi connectivity index (χ4v) is 1.67. The topological polar surface area (TPSA) is 37.8 Å². The molecule has 78 valence electrons. The summed E-state index contributed by atoms with van der Waals surface area (Å²) in [5, 5.41) is 3.40. The first-order valence-electron chi connectivity index (χ1n) is 5.00. The van der Waals surface area contributed by atoms with Crippen LogP contribution in [0.1, 0.15) is 33.1 Å². The second kappa shape index (κ2) is 5.96. The smallest absolute Gasteiger partial charge is 0.143 e. The molecule has 0 saturated heterocycles. The second-order valence-electron chi connectivity index (χ2n) is 3.26. The summed E-state index contributed by atoms with van der Waals surface area (Å²) in [4.78, 5) is 8.11. The lowest BCUT2D eigenvalue weighted by Crippen LogP contribution is -2.19. The van der Waals surface area contributed by atoms with Gasteiger partial charge in [-0.15, -0.1) is 0 Å². The highest BCUT2D eigenvalue weighted by molar-refractivity contribution is 9.10. The van der Waals surface area contributed by atoms with Crippen LogP contribution in [0.4, 0.5) is 5.82 Å². The summed E-state index contributed by atoms with van der Waals surface area (Å²) >= 11 is 3.42. The molecular weight excluding hydrogens is 242 g/mol. The summed E-state index contributed by atoms with van der Waals surface area (Å²) in [6, 6.07) is 0.506. The van der Waals surface area contributed by atoms with Crippen LogP contribution in [-0.4, -0.2) is 16.0 Å². The molecule has 3 nitrogen and oxygen atoms in total. The number of hydrogen-bond donors (Lipinski definition) is 1. The Hall–Kier alpha value is -0.640. The van der Waals surface area contributed by atoms with Crippen molar-refractivity contribution in [2.75, 3.05) is 5.32 Å². The molecule has 0 amide bonds. The van der Waals surface area contributed by atoms with E-state index in [0.717, 1.165) is 16.7 Å². The van der Waals surface area contributed by atoms with Crippen LogP contribution in [0.3, 0.4) is 0 Å². The molecule has 0 spiro atoms. The van der Waals surface area contributed by atoms with Gasteiger partial charge in [0.25, 0.3) is 0 Å². The van der Waals surface area contributed by atoms with Crippen molar-refractivity contribution in [2.45, 2.75) is 39.2 Å². The lowest BCUT2D eigenvalue weighted by Gasteiger charge is -2.17. The molecule has 14 heavy (non-hydrogen) atoms. The van der Waals surface area contributed by atoms with Gasteiger partial charge in [0.2, 0.25) is 0 Å². The van der Waals surface area contributed by atoms with E-state index >= 15 is 0 Å². The lowest BCUT2D eigenvalue weighted by atomic mass is 10.1. The summed E-state index contributed by atoms with van der Waals surface area (Å²) in [5.74, 6) is 0.889. The third kappa shape index (κ3) is 3.25. The molecule has 0 aliphatic rings. The van der Waals surface area contributed by atoms with Crippen molar-refractivity contribution in [2.24, 2.45) is 0 Å². The molecular formula is C10H16BrN3. The molecule has 4 heteroatoms. The van der Waals surface area contributed by atoms with E-state index in [-0.39, 0.29) is 0 Å². The predicted molar refractivity (Wildman–Crippen MR) is 62.3 cm³/mol. The normalized spacial score (nSPS) is 12.5. The summed E-state index contributed by atoms with van der Waals surface area (Å²) in [6.07, 6.45) is 6.80. The summed E-state index contributed by atoms with van der Waals surface area (Å²) in [5.41, 5.74) is 0. The lowest BCUT2D eigenvalue weighted by molar-refractivity contribution is 0.620. The van der Waals surface area contributed by atoms with Gasteiger partial charge >= 0.3 is 0 Å².